The number of amides is 2. The van der Waals surface area contributed by atoms with Crippen molar-refractivity contribution >= 4 is 11.8 Å². The third kappa shape index (κ3) is 3.69. The van der Waals surface area contributed by atoms with Crippen LogP contribution >= 0.6 is 0 Å². The molecule has 1 aliphatic rings. The maximum Gasteiger partial charge on any atom is 0.225 e. The molecule has 1 fully saturated rings. The lowest BCUT2D eigenvalue weighted by Crippen LogP contribution is -2.33. The summed E-state index contributed by atoms with van der Waals surface area (Å²) in [6.45, 7) is 0.990. The Hall–Kier alpha value is -2.24. The van der Waals surface area contributed by atoms with Crippen molar-refractivity contribution in [1.82, 2.24) is 10.2 Å². The zero-order chi connectivity index (χ0) is 16.1. The predicted octanol–water partition coefficient (Wildman–Crippen LogP) is 0.841. The summed E-state index contributed by atoms with van der Waals surface area (Å²) in [4.78, 5) is 25.1. The molecule has 0 spiro atoms. The Morgan fingerprint density at radius 3 is 2.73 bits per heavy atom. The van der Waals surface area contributed by atoms with E-state index in [4.69, 9.17) is 9.47 Å². The first kappa shape index (κ1) is 16.1. The van der Waals surface area contributed by atoms with Gasteiger partial charge in [0, 0.05) is 26.6 Å². The van der Waals surface area contributed by atoms with Crippen LogP contribution in [0, 0.1) is 5.92 Å². The molecular formula is C16H22N2O4. The Bertz CT molecular complexity index is 559. The second kappa shape index (κ2) is 7.15. The van der Waals surface area contributed by atoms with Gasteiger partial charge in [0.05, 0.1) is 20.1 Å². The zero-order valence-electron chi connectivity index (χ0n) is 13.2. The van der Waals surface area contributed by atoms with E-state index in [-0.39, 0.29) is 17.7 Å². The van der Waals surface area contributed by atoms with E-state index in [9.17, 15) is 9.59 Å². The molecule has 22 heavy (non-hydrogen) atoms. The van der Waals surface area contributed by atoms with Gasteiger partial charge in [0.15, 0.2) is 0 Å². The summed E-state index contributed by atoms with van der Waals surface area (Å²) in [5.41, 5.74) is 0.974. The molecule has 1 aromatic rings. The average molecular weight is 306 g/mol. The smallest absolute Gasteiger partial charge is 0.225 e. The van der Waals surface area contributed by atoms with Crippen LogP contribution in [0.25, 0.3) is 0 Å². The Morgan fingerprint density at radius 1 is 1.36 bits per heavy atom. The fraction of sp³-hybridized carbons (Fsp3) is 0.500. The number of hydrogen-bond donors (Lipinski definition) is 1. The first-order valence-corrected chi connectivity index (χ1v) is 7.27. The second-order valence-corrected chi connectivity index (χ2v) is 5.39. The molecule has 2 rings (SSSR count). The molecule has 1 unspecified atom stereocenters. The SMILES string of the molecule is COc1ccc(OC)c(CCNC(=O)C2CC(=O)N(C)C2)c1. The van der Waals surface area contributed by atoms with Gasteiger partial charge in [-0.1, -0.05) is 0 Å². The van der Waals surface area contributed by atoms with Crippen LogP contribution in [0.3, 0.4) is 0 Å². The lowest BCUT2D eigenvalue weighted by atomic mass is 10.1. The van der Waals surface area contributed by atoms with Crippen molar-refractivity contribution in [1.29, 1.82) is 0 Å². The van der Waals surface area contributed by atoms with Crippen molar-refractivity contribution in [3.8, 4) is 11.5 Å². The van der Waals surface area contributed by atoms with Gasteiger partial charge in [-0.2, -0.15) is 0 Å². The van der Waals surface area contributed by atoms with Gasteiger partial charge in [-0.3, -0.25) is 9.59 Å². The number of nitrogens with one attached hydrogen (secondary N) is 1. The average Bonchev–Trinajstić information content (AvgIpc) is 2.86. The van der Waals surface area contributed by atoms with Crippen molar-refractivity contribution in [2.75, 3.05) is 34.4 Å². The maximum atomic E-state index is 12.1. The van der Waals surface area contributed by atoms with Crippen LogP contribution in [-0.4, -0.2) is 51.1 Å². The van der Waals surface area contributed by atoms with Gasteiger partial charge < -0.3 is 19.7 Å². The van der Waals surface area contributed by atoms with Gasteiger partial charge >= 0.3 is 0 Å². The number of nitrogens with zero attached hydrogens (tertiary/aromatic N) is 1. The normalized spacial score (nSPS) is 17.5. The Labute approximate surface area is 130 Å². The Balaban J connectivity index is 1.88. The minimum Gasteiger partial charge on any atom is -0.497 e. The van der Waals surface area contributed by atoms with E-state index >= 15 is 0 Å². The highest BCUT2D eigenvalue weighted by Gasteiger charge is 2.31. The number of rotatable bonds is 6. The molecule has 1 heterocycles. The molecule has 1 saturated heterocycles. The number of ether oxygens (including phenoxy) is 2. The van der Waals surface area contributed by atoms with Crippen LogP contribution in [0.2, 0.25) is 0 Å². The summed E-state index contributed by atoms with van der Waals surface area (Å²) in [5, 5.41) is 2.89. The summed E-state index contributed by atoms with van der Waals surface area (Å²) in [6.07, 6.45) is 0.938. The molecule has 0 aromatic heterocycles. The quantitative estimate of drug-likeness (QED) is 0.846. The van der Waals surface area contributed by atoms with E-state index in [1.807, 2.05) is 18.2 Å². The number of carbonyl (C=O) groups excluding carboxylic acids is 2. The van der Waals surface area contributed by atoms with Crippen LogP contribution in [0.5, 0.6) is 11.5 Å². The molecule has 1 atom stereocenters. The zero-order valence-corrected chi connectivity index (χ0v) is 13.2. The van der Waals surface area contributed by atoms with E-state index in [2.05, 4.69) is 5.32 Å². The minimum atomic E-state index is -0.246. The van der Waals surface area contributed by atoms with Crippen molar-refractivity contribution in [3.63, 3.8) is 0 Å². The van der Waals surface area contributed by atoms with Crippen molar-refractivity contribution in [2.45, 2.75) is 12.8 Å². The molecule has 0 bridgehead atoms. The molecule has 1 aliphatic heterocycles. The number of carbonyl (C=O) groups is 2. The van der Waals surface area contributed by atoms with Gasteiger partial charge in [0.2, 0.25) is 11.8 Å². The van der Waals surface area contributed by atoms with Crippen molar-refractivity contribution in [2.24, 2.45) is 5.92 Å². The van der Waals surface area contributed by atoms with E-state index in [0.29, 0.717) is 25.9 Å². The van der Waals surface area contributed by atoms with E-state index in [0.717, 1.165) is 17.1 Å². The monoisotopic (exact) mass is 306 g/mol. The van der Waals surface area contributed by atoms with Crippen LogP contribution in [0.15, 0.2) is 18.2 Å². The summed E-state index contributed by atoms with van der Waals surface area (Å²) in [6, 6.07) is 5.58. The van der Waals surface area contributed by atoms with Crippen LogP contribution in [0.4, 0.5) is 0 Å². The maximum absolute atomic E-state index is 12.1. The molecule has 6 heteroatoms. The number of methoxy groups -OCH3 is 2. The highest BCUT2D eigenvalue weighted by atomic mass is 16.5. The van der Waals surface area contributed by atoms with E-state index in [1.165, 1.54) is 0 Å². The lowest BCUT2D eigenvalue weighted by molar-refractivity contribution is -0.128. The molecule has 120 valence electrons. The first-order valence-electron chi connectivity index (χ1n) is 7.27. The first-order chi connectivity index (χ1) is 10.5. The standard InChI is InChI=1S/C16H22N2O4/c1-18-10-12(9-15(18)19)16(20)17-7-6-11-8-13(21-2)4-5-14(11)22-3/h4-5,8,12H,6-7,9-10H2,1-3H3,(H,17,20). The summed E-state index contributed by atoms with van der Waals surface area (Å²) in [5.74, 6) is 1.23. The van der Waals surface area contributed by atoms with E-state index in [1.54, 1.807) is 26.2 Å². The number of likely N-dealkylation sites (tertiary alicyclic amines) is 1. The lowest BCUT2D eigenvalue weighted by Gasteiger charge is -2.13. The van der Waals surface area contributed by atoms with Gasteiger partial charge in [-0.25, -0.2) is 0 Å². The molecule has 0 saturated carbocycles. The third-order valence-corrected chi connectivity index (χ3v) is 3.89. The molecular weight excluding hydrogens is 284 g/mol. The highest BCUT2D eigenvalue weighted by molar-refractivity contribution is 5.89. The number of benzene rings is 1. The molecule has 1 N–H and O–H groups in total. The van der Waals surface area contributed by atoms with Crippen molar-refractivity contribution < 1.29 is 19.1 Å². The Morgan fingerprint density at radius 2 is 2.14 bits per heavy atom. The van der Waals surface area contributed by atoms with Crippen LogP contribution in [-0.2, 0) is 16.0 Å². The predicted molar refractivity (Wildman–Crippen MR) is 82.0 cm³/mol. The summed E-state index contributed by atoms with van der Waals surface area (Å²) >= 11 is 0. The van der Waals surface area contributed by atoms with E-state index < -0.39 is 0 Å². The van der Waals surface area contributed by atoms with Gasteiger partial charge in [-0.05, 0) is 30.2 Å². The van der Waals surface area contributed by atoms with Crippen LogP contribution in [0.1, 0.15) is 12.0 Å². The molecule has 6 nitrogen and oxygen atoms in total. The highest BCUT2D eigenvalue weighted by Crippen LogP contribution is 2.24. The van der Waals surface area contributed by atoms with Crippen LogP contribution < -0.4 is 14.8 Å². The fourth-order valence-electron chi connectivity index (χ4n) is 2.58. The Kier molecular flexibility index (Phi) is 5.25. The molecule has 2 amide bonds. The van der Waals surface area contributed by atoms with Gasteiger partial charge in [0.25, 0.3) is 0 Å². The number of hydrogen-bond acceptors (Lipinski definition) is 4. The minimum absolute atomic E-state index is 0.0228. The second-order valence-electron chi connectivity index (χ2n) is 5.39. The van der Waals surface area contributed by atoms with Gasteiger partial charge in [0.1, 0.15) is 11.5 Å². The van der Waals surface area contributed by atoms with Crippen molar-refractivity contribution in [3.05, 3.63) is 23.8 Å². The topological polar surface area (TPSA) is 67.9 Å². The molecule has 0 aliphatic carbocycles. The molecule has 0 radical (unpaired) electrons. The summed E-state index contributed by atoms with van der Waals surface area (Å²) in [7, 11) is 4.95. The van der Waals surface area contributed by atoms with Gasteiger partial charge in [-0.15, -0.1) is 0 Å². The molecule has 1 aromatic carbocycles. The largest absolute Gasteiger partial charge is 0.497 e. The summed E-state index contributed by atoms with van der Waals surface area (Å²) < 4.78 is 10.5. The third-order valence-electron chi connectivity index (χ3n) is 3.89. The fourth-order valence-corrected chi connectivity index (χ4v) is 2.58.